The number of hydrogen-bond donors (Lipinski definition) is 1. The van der Waals surface area contributed by atoms with Crippen LogP contribution in [-0.4, -0.2) is 31.6 Å². The number of nitrogens with zero attached hydrogens (tertiary/aromatic N) is 1. The van der Waals surface area contributed by atoms with Gasteiger partial charge in [-0.1, -0.05) is 13.8 Å². The average molecular weight is 316 g/mol. The van der Waals surface area contributed by atoms with Gasteiger partial charge in [-0.2, -0.15) is 11.8 Å². The Labute approximate surface area is 131 Å². The molecule has 5 heteroatoms. The first-order valence-corrected chi connectivity index (χ1v) is 8.84. The van der Waals surface area contributed by atoms with Crippen LogP contribution >= 0.6 is 11.8 Å². The summed E-state index contributed by atoms with van der Waals surface area (Å²) < 4.78 is 28.6. The maximum atomic E-state index is 14.3. The summed E-state index contributed by atoms with van der Waals surface area (Å²) in [5.74, 6) is -0.109. The maximum absolute atomic E-state index is 14.3. The Kier molecular flexibility index (Phi) is 8.04. The predicted molar refractivity (Wildman–Crippen MR) is 89.2 cm³/mol. The molecule has 1 aromatic rings. The van der Waals surface area contributed by atoms with E-state index in [4.69, 9.17) is 0 Å². The first kappa shape index (κ1) is 18.2. The van der Waals surface area contributed by atoms with E-state index in [2.05, 4.69) is 12.2 Å². The van der Waals surface area contributed by atoms with Crippen LogP contribution < -0.4 is 10.2 Å². The summed E-state index contributed by atoms with van der Waals surface area (Å²) >= 11 is 1.69. The fourth-order valence-electron chi connectivity index (χ4n) is 2.34. The fraction of sp³-hybridized carbons (Fsp3) is 0.625. The highest BCUT2D eigenvalue weighted by atomic mass is 32.2. The van der Waals surface area contributed by atoms with E-state index in [0.29, 0.717) is 12.1 Å². The van der Waals surface area contributed by atoms with Gasteiger partial charge < -0.3 is 10.2 Å². The van der Waals surface area contributed by atoms with Crippen LogP contribution in [0.4, 0.5) is 14.5 Å². The molecule has 0 heterocycles. The monoisotopic (exact) mass is 316 g/mol. The molecule has 0 fully saturated rings. The molecule has 21 heavy (non-hydrogen) atoms. The standard InChI is InChI=1S/C16H26F2N2S/c1-5-7-19-10-12-8-14(17)16(15(18)9-12)20(3)13(6-2)11-21-4/h8-9,13,19H,5-7,10-11H2,1-4H3. The first-order valence-electron chi connectivity index (χ1n) is 7.45. The molecule has 1 unspecified atom stereocenters. The van der Waals surface area contributed by atoms with Gasteiger partial charge in [0.1, 0.15) is 17.3 Å². The molecule has 120 valence electrons. The second kappa shape index (κ2) is 9.26. The van der Waals surface area contributed by atoms with Crippen molar-refractivity contribution in [3.63, 3.8) is 0 Å². The van der Waals surface area contributed by atoms with Crippen molar-refractivity contribution in [3.05, 3.63) is 29.3 Å². The van der Waals surface area contributed by atoms with Gasteiger partial charge in [-0.15, -0.1) is 0 Å². The molecule has 0 aliphatic rings. The van der Waals surface area contributed by atoms with Gasteiger partial charge in [0.25, 0.3) is 0 Å². The molecule has 1 N–H and O–H groups in total. The van der Waals surface area contributed by atoms with Crippen LogP contribution in [0.25, 0.3) is 0 Å². The summed E-state index contributed by atoms with van der Waals surface area (Å²) in [5.41, 5.74) is 0.726. The third-order valence-electron chi connectivity index (χ3n) is 3.56. The van der Waals surface area contributed by atoms with Gasteiger partial charge in [0.15, 0.2) is 0 Å². The third kappa shape index (κ3) is 5.15. The molecule has 2 nitrogen and oxygen atoms in total. The second-order valence-corrected chi connectivity index (χ2v) is 6.12. The minimum absolute atomic E-state index is 0.0788. The van der Waals surface area contributed by atoms with Crippen molar-refractivity contribution in [2.24, 2.45) is 0 Å². The summed E-state index contributed by atoms with van der Waals surface area (Å²) in [6, 6.07) is 3.00. The number of benzene rings is 1. The van der Waals surface area contributed by atoms with Gasteiger partial charge in [-0.3, -0.25) is 0 Å². The average Bonchev–Trinajstić information content (AvgIpc) is 2.44. The lowest BCUT2D eigenvalue weighted by Gasteiger charge is -2.29. The van der Waals surface area contributed by atoms with E-state index in [1.165, 1.54) is 12.1 Å². The molecule has 0 saturated heterocycles. The highest BCUT2D eigenvalue weighted by molar-refractivity contribution is 7.98. The van der Waals surface area contributed by atoms with Crippen molar-refractivity contribution < 1.29 is 8.78 Å². The van der Waals surface area contributed by atoms with Crippen LogP contribution in [0.3, 0.4) is 0 Å². The van der Waals surface area contributed by atoms with Crippen LogP contribution in [0.5, 0.6) is 0 Å². The molecule has 0 aromatic heterocycles. The van der Waals surface area contributed by atoms with Gasteiger partial charge in [0, 0.05) is 25.4 Å². The van der Waals surface area contributed by atoms with E-state index >= 15 is 0 Å². The SMILES string of the molecule is CCCNCc1cc(F)c(N(C)C(CC)CSC)c(F)c1. The van der Waals surface area contributed by atoms with Crippen molar-refractivity contribution in [3.8, 4) is 0 Å². The number of rotatable bonds is 9. The maximum Gasteiger partial charge on any atom is 0.149 e. The lowest BCUT2D eigenvalue weighted by Crippen LogP contribution is -2.34. The quantitative estimate of drug-likeness (QED) is 0.692. The first-order chi connectivity index (χ1) is 10.0. The lowest BCUT2D eigenvalue weighted by atomic mass is 10.1. The summed E-state index contributed by atoms with van der Waals surface area (Å²) in [6.07, 6.45) is 3.86. The summed E-state index contributed by atoms with van der Waals surface area (Å²) in [5, 5.41) is 3.16. The zero-order valence-electron chi connectivity index (χ0n) is 13.4. The Morgan fingerprint density at radius 2 is 1.86 bits per heavy atom. The Balaban J connectivity index is 2.92. The van der Waals surface area contributed by atoms with E-state index in [9.17, 15) is 8.78 Å². The van der Waals surface area contributed by atoms with E-state index < -0.39 is 11.6 Å². The Bertz CT molecular complexity index is 417. The number of thioether (sulfide) groups is 1. The van der Waals surface area contributed by atoms with Crippen LogP contribution in [-0.2, 0) is 6.54 Å². The Morgan fingerprint density at radius 3 is 2.33 bits per heavy atom. The summed E-state index contributed by atoms with van der Waals surface area (Å²) in [7, 11) is 1.76. The number of nitrogens with one attached hydrogen (secondary N) is 1. The van der Waals surface area contributed by atoms with Gasteiger partial charge in [0.2, 0.25) is 0 Å². The minimum Gasteiger partial charge on any atom is -0.366 e. The van der Waals surface area contributed by atoms with Crippen molar-refractivity contribution in [1.29, 1.82) is 0 Å². The van der Waals surface area contributed by atoms with Crippen LogP contribution in [0.2, 0.25) is 0 Å². The normalized spacial score (nSPS) is 12.5. The van der Waals surface area contributed by atoms with Crippen LogP contribution in [0.1, 0.15) is 32.3 Å². The van der Waals surface area contributed by atoms with E-state index in [-0.39, 0.29) is 11.7 Å². The highest BCUT2D eigenvalue weighted by Crippen LogP contribution is 2.27. The zero-order valence-corrected chi connectivity index (χ0v) is 14.2. The van der Waals surface area contributed by atoms with E-state index in [0.717, 1.165) is 25.1 Å². The fourth-order valence-corrected chi connectivity index (χ4v) is 3.19. The number of anilines is 1. The highest BCUT2D eigenvalue weighted by Gasteiger charge is 2.20. The molecule has 0 bridgehead atoms. The van der Waals surface area contributed by atoms with Gasteiger partial charge in [0.05, 0.1) is 0 Å². The number of hydrogen-bond acceptors (Lipinski definition) is 3. The van der Waals surface area contributed by atoms with E-state index in [1.54, 1.807) is 23.7 Å². The molecule has 1 rings (SSSR count). The molecular formula is C16H26F2N2S. The van der Waals surface area contributed by atoms with Crippen molar-refractivity contribution >= 4 is 17.4 Å². The lowest BCUT2D eigenvalue weighted by molar-refractivity contribution is 0.553. The van der Waals surface area contributed by atoms with Crippen molar-refractivity contribution in [2.45, 2.75) is 39.3 Å². The largest absolute Gasteiger partial charge is 0.366 e. The van der Waals surface area contributed by atoms with Gasteiger partial charge >= 0.3 is 0 Å². The second-order valence-electron chi connectivity index (χ2n) is 5.21. The van der Waals surface area contributed by atoms with Crippen molar-refractivity contribution in [1.82, 2.24) is 5.32 Å². The van der Waals surface area contributed by atoms with Crippen molar-refractivity contribution in [2.75, 3.05) is 30.5 Å². The van der Waals surface area contributed by atoms with Gasteiger partial charge in [-0.25, -0.2) is 8.78 Å². The molecule has 0 saturated carbocycles. The number of halogens is 2. The zero-order chi connectivity index (χ0) is 15.8. The Morgan fingerprint density at radius 1 is 1.24 bits per heavy atom. The predicted octanol–water partition coefficient (Wildman–Crippen LogP) is 4.04. The smallest absolute Gasteiger partial charge is 0.149 e. The Hall–Kier alpha value is -0.810. The molecular weight excluding hydrogens is 290 g/mol. The molecule has 0 spiro atoms. The summed E-state index contributed by atoms with van der Waals surface area (Å²) in [6.45, 7) is 5.43. The minimum atomic E-state index is -0.481. The van der Waals surface area contributed by atoms with Crippen LogP contribution in [0.15, 0.2) is 12.1 Å². The molecule has 0 aliphatic carbocycles. The topological polar surface area (TPSA) is 15.3 Å². The van der Waals surface area contributed by atoms with Crippen LogP contribution in [0, 0.1) is 11.6 Å². The molecule has 1 aromatic carbocycles. The molecule has 0 amide bonds. The molecule has 0 radical (unpaired) electrons. The van der Waals surface area contributed by atoms with Gasteiger partial charge in [-0.05, 0) is 43.3 Å². The third-order valence-corrected chi connectivity index (χ3v) is 4.28. The molecule has 1 atom stereocenters. The van der Waals surface area contributed by atoms with E-state index in [1.807, 2.05) is 13.2 Å². The summed E-state index contributed by atoms with van der Waals surface area (Å²) in [4.78, 5) is 1.73. The molecule has 0 aliphatic heterocycles.